The van der Waals surface area contributed by atoms with E-state index in [2.05, 4.69) is 17.1 Å². The van der Waals surface area contributed by atoms with Crippen LogP contribution in [0.1, 0.15) is 39.0 Å². The minimum atomic E-state index is 0.400. The largest absolute Gasteiger partial charge is 0.337 e. The summed E-state index contributed by atoms with van der Waals surface area (Å²) in [6.45, 7) is 3.32. The van der Waals surface area contributed by atoms with E-state index in [4.69, 9.17) is 0 Å². The molecule has 1 saturated heterocycles. The molecule has 2 saturated carbocycles. The van der Waals surface area contributed by atoms with Gasteiger partial charge in [-0.2, -0.15) is 11.8 Å². The van der Waals surface area contributed by atoms with Gasteiger partial charge in [-0.3, -0.25) is 4.79 Å². The number of nitrogens with zero attached hydrogens (tertiary/aromatic N) is 1. The van der Waals surface area contributed by atoms with E-state index in [1.807, 2.05) is 11.8 Å². The summed E-state index contributed by atoms with van der Waals surface area (Å²) < 4.78 is 0. The number of amides is 1. The van der Waals surface area contributed by atoms with Crippen LogP contribution in [-0.4, -0.2) is 47.0 Å². The van der Waals surface area contributed by atoms with Crippen LogP contribution in [0.4, 0.5) is 0 Å². The first kappa shape index (κ1) is 12.8. The Hall–Kier alpha value is -0.220. The van der Waals surface area contributed by atoms with Gasteiger partial charge in [0.25, 0.3) is 0 Å². The maximum absolute atomic E-state index is 12.5. The Labute approximate surface area is 114 Å². The van der Waals surface area contributed by atoms with Crippen molar-refractivity contribution >= 4 is 17.7 Å². The molecular formula is C14H24N2OS. The Bertz CT molecular complexity index is 309. The Balaban J connectivity index is 1.57. The lowest BCUT2D eigenvalue weighted by molar-refractivity contribution is -0.134. The third-order valence-corrected chi connectivity index (χ3v) is 5.52. The molecule has 3 fully saturated rings. The molecule has 1 N–H and O–H groups in total. The van der Waals surface area contributed by atoms with Gasteiger partial charge in [0.15, 0.2) is 0 Å². The summed E-state index contributed by atoms with van der Waals surface area (Å²) in [6, 6.07) is 1.47. The lowest BCUT2D eigenvalue weighted by atomic mass is 10.1. The molecule has 102 valence electrons. The number of thioether (sulfide) groups is 1. The second kappa shape index (κ2) is 5.41. The molecule has 18 heavy (non-hydrogen) atoms. The fraction of sp³-hybridized carbons (Fsp3) is 0.929. The van der Waals surface area contributed by atoms with Crippen LogP contribution in [0.5, 0.6) is 0 Å². The van der Waals surface area contributed by atoms with E-state index in [9.17, 15) is 4.79 Å². The van der Waals surface area contributed by atoms with E-state index in [0.717, 1.165) is 18.2 Å². The van der Waals surface area contributed by atoms with Gasteiger partial charge in [-0.05, 0) is 38.5 Å². The smallest absolute Gasteiger partial charge is 0.224 e. The van der Waals surface area contributed by atoms with Gasteiger partial charge in [0.1, 0.15) is 0 Å². The van der Waals surface area contributed by atoms with Crippen LogP contribution in [-0.2, 0) is 4.79 Å². The summed E-state index contributed by atoms with van der Waals surface area (Å²) in [7, 11) is 0. The first-order chi connectivity index (χ1) is 8.75. The molecule has 3 nitrogen and oxygen atoms in total. The lowest BCUT2D eigenvalue weighted by Gasteiger charge is -2.32. The average molecular weight is 268 g/mol. The van der Waals surface area contributed by atoms with Gasteiger partial charge >= 0.3 is 0 Å². The van der Waals surface area contributed by atoms with Gasteiger partial charge in [-0.25, -0.2) is 0 Å². The molecule has 2 atom stereocenters. The quantitative estimate of drug-likeness (QED) is 0.826. The molecule has 0 radical (unpaired) electrons. The van der Waals surface area contributed by atoms with Crippen molar-refractivity contribution in [3.63, 3.8) is 0 Å². The fourth-order valence-corrected chi connectivity index (χ4v) is 3.94. The van der Waals surface area contributed by atoms with E-state index in [1.165, 1.54) is 31.4 Å². The predicted molar refractivity (Wildman–Crippen MR) is 75.8 cm³/mol. The number of hydrogen-bond acceptors (Lipinski definition) is 3. The molecule has 1 aliphatic heterocycles. The summed E-state index contributed by atoms with van der Waals surface area (Å²) in [5, 5.41) is 3.48. The van der Waals surface area contributed by atoms with Crippen molar-refractivity contribution in [3.8, 4) is 0 Å². The highest BCUT2D eigenvalue weighted by Crippen LogP contribution is 2.40. The van der Waals surface area contributed by atoms with E-state index in [-0.39, 0.29) is 0 Å². The van der Waals surface area contributed by atoms with E-state index < -0.39 is 0 Å². The summed E-state index contributed by atoms with van der Waals surface area (Å²) in [5.74, 6) is 3.48. The van der Waals surface area contributed by atoms with Gasteiger partial charge in [-0.1, -0.05) is 0 Å². The maximum Gasteiger partial charge on any atom is 0.224 e. The topological polar surface area (TPSA) is 32.3 Å². The molecule has 1 heterocycles. The van der Waals surface area contributed by atoms with Crippen molar-refractivity contribution in [2.45, 2.75) is 57.2 Å². The normalized spacial score (nSPS) is 29.9. The third kappa shape index (κ3) is 3.02. The molecular weight excluding hydrogens is 244 g/mol. The fourth-order valence-electron chi connectivity index (χ4n) is 2.99. The highest BCUT2D eigenvalue weighted by molar-refractivity contribution is 7.99. The second-order valence-electron chi connectivity index (χ2n) is 6.04. The Morgan fingerprint density at radius 3 is 2.72 bits per heavy atom. The number of carbonyl (C=O) groups excluding carboxylic acids is 1. The molecule has 3 rings (SSSR count). The highest BCUT2D eigenvalue weighted by atomic mass is 32.2. The SMILES string of the molecule is CC(C1CC1)N(C(=O)CC1CSCCN1)C1CC1. The first-order valence-electron chi connectivity index (χ1n) is 7.38. The van der Waals surface area contributed by atoms with Gasteiger partial charge in [0.05, 0.1) is 0 Å². The minimum Gasteiger partial charge on any atom is -0.337 e. The van der Waals surface area contributed by atoms with Crippen molar-refractivity contribution in [1.29, 1.82) is 0 Å². The molecule has 0 aromatic carbocycles. The molecule has 1 amide bonds. The first-order valence-corrected chi connectivity index (χ1v) is 8.53. The van der Waals surface area contributed by atoms with Crippen molar-refractivity contribution in [1.82, 2.24) is 10.2 Å². The standard InChI is InChI=1S/C14H24N2OS/c1-10(11-2-3-11)16(13-4-5-13)14(17)8-12-9-18-7-6-15-12/h10-13,15H,2-9H2,1H3. The molecule has 0 bridgehead atoms. The van der Waals surface area contributed by atoms with Crippen LogP contribution in [0.25, 0.3) is 0 Å². The lowest BCUT2D eigenvalue weighted by Crippen LogP contribution is -2.46. The summed E-state index contributed by atoms with van der Waals surface area (Å²) in [5.41, 5.74) is 0. The zero-order chi connectivity index (χ0) is 12.5. The molecule has 2 aliphatic carbocycles. The van der Waals surface area contributed by atoms with Crippen LogP contribution in [0.3, 0.4) is 0 Å². The van der Waals surface area contributed by atoms with Crippen LogP contribution in [0.15, 0.2) is 0 Å². The maximum atomic E-state index is 12.5. The van der Waals surface area contributed by atoms with Crippen LogP contribution in [0, 0.1) is 5.92 Å². The summed E-state index contributed by atoms with van der Waals surface area (Å²) in [6.07, 6.45) is 5.83. The van der Waals surface area contributed by atoms with Crippen molar-refractivity contribution < 1.29 is 4.79 Å². The zero-order valence-corrected chi connectivity index (χ0v) is 12.0. The summed E-state index contributed by atoms with van der Waals surface area (Å²) in [4.78, 5) is 14.8. The third-order valence-electron chi connectivity index (χ3n) is 4.39. The minimum absolute atomic E-state index is 0.400. The van der Waals surface area contributed by atoms with Crippen LogP contribution in [0.2, 0.25) is 0 Å². The Morgan fingerprint density at radius 1 is 1.39 bits per heavy atom. The van der Waals surface area contributed by atoms with Gasteiger partial charge in [-0.15, -0.1) is 0 Å². The molecule has 3 aliphatic rings. The molecule has 0 spiro atoms. The van der Waals surface area contributed by atoms with Crippen molar-refractivity contribution in [2.24, 2.45) is 5.92 Å². The highest BCUT2D eigenvalue weighted by Gasteiger charge is 2.41. The van der Waals surface area contributed by atoms with Crippen LogP contribution >= 0.6 is 11.8 Å². The number of nitrogens with one attached hydrogen (secondary N) is 1. The monoisotopic (exact) mass is 268 g/mol. The predicted octanol–water partition coefficient (Wildman–Crippen LogP) is 1.87. The number of rotatable bonds is 5. The summed E-state index contributed by atoms with van der Waals surface area (Å²) >= 11 is 1.97. The molecule has 0 aromatic rings. The van der Waals surface area contributed by atoms with Gasteiger partial charge in [0.2, 0.25) is 5.91 Å². The van der Waals surface area contributed by atoms with Gasteiger partial charge < -0.3 is 10.2 Å². The van der Waals surface area contributed by atoms with E-state index >= 15 is 0 Å². The number of hydrogen-bond donors (Lipinski definition) is 1. The molecule has 0 aromatic heterocycles. The van der Waals surface area contributed by atoms with E-state index in [0.29, 0.717) is 30.5 Å². The zero-order valence-electron chi connectivity index (χ0n) is 11.2. The van der Waals surface area contributed by atoms with Gasteiger partial charge in [0, 0.05) is 42.6 Å². The molecule has 2 unspecified atom stereocenters. The molecule has 4 heteroatoms. The van der Waals surface area contributed by atoms with Crippen molar-refractivity contribution in [2.75, 3.05) is 18.1 Å². The Kier molecular flexibility index (Phi) is 3.85. The van der Waals surface area contributed by atoms with E-state index in [1.54, 1.807) is 0 Å². The van der Waals surface area contributed by atoms with Crippen molar-refractivity contribution in [3.05, 3.63) is 0 Å². The average Bonchev–Trinajstić information content (AvgIpc) is 3.24. The second-order valence-corrected chi connectivity index (χ2v) is 7.19. The number of carbonyl (C=O) groups is 1. The van der Waals surface area contributed by atoms with Crippen LogP contribution < -0.4 is 5.32 Å². The Morgan fingerprint density at radius 2 is 2.17 bits per heavy atom.